The van der Waals surface area contributed by atoms with Gasteiger partial charge in [-0.05, 0) is 36.4 Å². The molecule has 2 aromatic rings. The first-order valence-corrected chi connectivity index (χ1v) is 8.19. The molecule has 3 nitrogen and oxygen atoms in total. The van der Waals surface area contributed by atoms with E-state index in [1.54, 1.807) is 7.11 Å². The summed E-state index contributed by atoms with van der Waals surface area (Å²) in [6, 6.07) is 15.6. The third-order valence-corrected chi connectivity index (χ3v) is 4.63. The predicted octanol–water partition coefficient (Wildman–Crippen LogP) is 4.37. The van der Waals surface area contributed by atoms with Crippen molar-refractivity contribution < 1.29 is 9.47 Å². The van der Waals surface area contributed by atoms with Crippen LogP contribution in [0.25, 0.3) is 0 Å². The van der Waals surface area contributed by atoms with E-state index in [0.29, 0.717) is 18.3 Å². The lowest BCUT2D eigenvalue weighted by Gasteiger charge is -2.27. The number of hydrogen-bond acceptors (Lipinski definition) is 3. The van der Waals surface area contributed by atoms with E-state index in [9.17, 15) is 0 Å². The van der Waals surface area contributed by atoms with Gasteiger partial charge in [0.05, 0.1) is 19.5 Å². The summed E-state index contributed by atoms with van der Waals surface area (Å²) >= 11 is 9.65. The number of ether oxygens (including phenoxy) is 2. The number of methoxy groups -OCH3 is 1. The Hall–Kier alpha value is -1.52. The summed E-state index contributed by atoms with van der Waals surface area (Å²) in [6.45, 7) is 0.495. The first-order valence-electron chi connectivity index (χ1n) is 6.87. The fraction of sp³-hybridized carbons (Fsp3) is 0.235. The molecule has 0 radical (unpaired) electrons. The second kappa shape index (κ2) is 6.31. The molecule has 0 aliphatic carbocycles. The van der Waals surface area contributed by atoms with Gasteiger partial charge in [-0.25, -0.2) is 4.99 Å². The number of nitrogens with zero attached hydrogens (tertiary/aromatic N) is 1. The van der Waals surface area contributed by atoms with Gasteiger partial charge < -0.3 is 9.47 Å². The minimum Gasteiger partial charge on any atom is -0.497 e. The van der Waals surface area contributed by atoms with Crippen molar-refractivity contribution in [2.24, 2.45) is 4.99 Å². The summed E-state index contributed by atoms with van der Waals surface area (Å²) in [6.07, 6.45) is 0. The minimum absolute atomic E-state index is 0.323. The Morgan fingerprint density at radius 2 is 2.05 bits per heavy atom. The molecule has 0 aromatic heterocycles. The Morgan fingerprint density at radius 1 is 1.27 bits per heavy atom. The van der Waals surface area contributed by atoms with Gasteiger partial charge in [0, 0.05) is 15.6 Å². The maximum Gasteiger partial charge on any atom is 0.217 e. The molecule has 0 spiro atoms. The molecule has 0 saturated carbocycles. The summed E-state index contributed by atoms with van der Waals surface area (Å²) in [5.41, 5.74) is 1.27. The molecule has 3 rings (SSSR count). The van der Waals surface area contributed by atoms with Crippen LogP contribution in [-0.2, 0) is 10.3 Å². The highest BCUT2D eigenvalue weighted by Crippen LogP contribution is 2.35. The van der Waals surface area contributed by atoms with Crippen molar-refractivity contribution in [1.82, 2.24) is 0 Å². The Kier molecular flexibility index (Phi) is 4.41. The first kappa shape index (κ1) is 15.4. The average Bonchev–Trinajstić information content (AvgIpc) is 3.01. The van der Waals surface area contributed by atoms with Gasteiger partial charge in [-0.3, -0.25) is 0 Å². The van der Waals surface area contributed by atoms with Crippen LogP contribution in [0.3, 0.4) is 0 Å². The molecule has 0 bridgehead atoms. The van der Waals surface area contributed by atoms with Gasteiger partial charge in [0.25, 0.3) is 0 Å². The number of aliphatic imine (C=N–C) groups is 1. The molecule has 2 aromatic carbocycles. The number of halogens is 2. The van der Waals surface area contributed by atoms with E-state index in [1.165, 1.54) is 0 Å². The third-order valence-electron chi connectivity index (χ3n) is 3.67. The van der Waals surface area contributed by atoms with Crippen molar-refractivity contribution in [2.75, 3.05) is 19.5 Å². The first-order chi connectivity index (χ1) is 10.7. The highest BCUT2D eigenvalue weighted by Gasteiger charge is 2.39. The molecule has 1 aliphatic heterocycles. The van der Waals surface area contributed by atoms with Gasteiger partial charge in [0.2, 0.25) is 5.90 Å². The van der Waals surface area contributed by atoms with Crippen LogP contribution >= 0.6 is 27.5 Å². The Morgan fingerprint density at radius 3 is 2.73 bits per heavy atom. The Balaban J connectivity index is 1.89. The smallest absolute Gasteiger partial charge is 0.217 e. The van der Waals surface area contributed by atoms with Crippen molar-refractivity contribution in [2.45, 2.75) is 5.60 Å². The third kappa shape index (κ3) is 2.85. The van der Waals surface area contributed by atoms with E-state index in [4.69, 9.17) is 21.1 Å². The van der Waals surface area contributed by atoms with Gasteiger partial charge in [0.15, 0.2) is 5.60 Å². The van der Waals surface area contributed by atoms with Crippen LogP contribution in [-0.4, -0.2) is 25.4 Å². The zero-order valence-corrected chi connectivity index (χ0v) is 14.4. The zero-order valence-electron chi connectivity index (χ0n) is 12.1. The normalized spacial score (nSPS) is 20.4. The highest BCUT2D eigenvalue weighted by atomic mass is 79.9. The van der Waals surface area contributed by atoms with Crippen molar-refractivity contribution in [3.05, 3.63) is 64.1 Å². The van der Waals surface area contributed by atoms with Gasteiger partial charge in [-0.15, -0.1) is 11.6 Å². The topological polar surface area (TPSA) is 30.8 Å². The molecule has 0 saturated heterocycles. The van der Waals surface area contributed by atoms with Gasteiger partial charge in [0.1, 0.15) is 5.75 Å². The summed E-state index contributed by atoms with van der Waals surface area (Å²) in [4.78, 5) is 4.55. The molecule has 0 unspecified atom stereocenters. The minimum atomic E-state index is -0.640. The zero-order chi connectivity index (χ0) is 15.6. The molecule has 1 aliphatic rings. The monoisotopic (exact) mass is 379 g/mol. The number of hydrogen-bond donors (Lipinski definition) is 0. The van der Waals surface area contributed by atoms with Crippen molar-refractivity contribution in [3.8, 4) is 5.75 Å². The van der Waals surface area contributed by atoms with E-state index in [1.807, 2.05) is 48.5 Å². The van der Waals surface area contributed by atoms with Crippen LogP contribution in [0.2, 0.25) is 0 Å². The molecule has 1 heterocycles. The van der Waals surface area contributed by atoms with E-state index in [2.05, 4.69) is 20.9 Å². The number of benzene rings is 2. The second-order valence-electron chi connectivity index (χ2n) is 5.09. The summed E-state index contributed by atoms with van der Waals surface area (Å²) in [7, 11) is 1.64. The maximum atomic E-state index is 6.23. The molecule has 5 heteroatoms. The van der Waals surface area contributed by atoms with E-state index < -0.39 is 5.60 Å². The van der Waals surface area contributed by atoms with Crippen LogP contribution in [0.4, 0.5) is 0 Å². The fourth-order valence-electron chi connectivity index (χ4n) is 2.40. The quantitative estimate of drug-likeness (QED) is 0.738. The molecular weight excluding hydrogens is 366 g/mol. The SMILES string of the molecule is COc1cccc([C@]2(CCl)CN=C(c3ccc(Br)cc3)O2)c1. The van der Waals surface area contributed by atoms with Crippen LogP contribution in [0, 0.1) is 0 Å². The molecule has 0 amide bonds. The molecular formula is C17H15BrClNO2. The standard InChI is InChI=1S/C17H15BrClNO2/c1-21-15-4-2-3-13(9-15)17(10-19)11-20-16(22-17)12-5-7-14(18)8-6-12/h2-9H,10-11H2,1H3/t17-/m0/s1. The van der Waals surface area contributed by atoms with Crippen molar-refractivity contribution in [3.63, 3.8) is 0 Å². The van der Waals surface area contributed by atoms with E-state index >= 15 is 0 Å². The van der Waals surface area contributed by atoms with E-state index in [-0.39, 0.29) is 0 Å². The lowest BCUT2D eigenvalue weighted by atomic mass is 9.96. The van der Waals surface area contributed by atoms with Crippen LogP contribution in [0.15, 0.2) is 58.0 Å². The van der Waals surface area contributed by atoms with Gasteiger partial charge in [-0.1, -0.05) is 28.1 Å². The van der Waals surface area contributed by atoms with Gasteiger partial charge in [-0.2, -0.15) is 0 Å². The van der Waals surface area contributed by atoms with Crippen LogP contribution in [0.5, 0.6) is 5.75 Å². The largest absolute Gasteiger partial charge is 0.497 e. The van der Waals surface area contributed by atoms with Gasteiger partial charge >= 0.3 is 0 Å². The average molecular weight is 381 g/mol. The van der Waals surface area contributed by atoms with E-state index in [0.717, 1.165) is 21.3 Å². The highest BCUT2D eigenvalue weighted by molar-refractivity contribution is 9.10. The fourth-order valence-corrected chi connectivity index (χ4v) is 2.95. The molecule has 114 valence electrons. The summed E-state index contributed by atoms with van der Waals surface area (Å²) in [5, 5.41) is 0. The lowest BCUT2D eigenvalue weighted by molar-refractivity contribution is 0.112. The Labute approximate surface area is 143 Å². The van der Waals surface area contributed by atoms with Crippen molar-refractivity contribution in [1.29, 1.82) is 0 Å². The van der Waals surface area contributed by atoms with Crippen LogP contribution in [0.1, 0.15) is 11.1 Å². The molecule has 0 fully saturated rings. The van der Waals surface area contributed by atoms with Crippen LogP contribution < -0.4 is 4.74 Å². The maximum absolute atomic E-state index is 6.23. The molecule has 22 heavy (non-hydrogen) atoms. The number of rotatable bonds is 4. The Bertz CT molecular complexity index is 702. The molecule has 1 atom stereocenters. The second-order valence-corrected chi connectivity index (χ2v) is 6.27. The van der Waals surface area contributed by atoms with Crippen molar-refractivity contribution >= 4 is 33.4 Å². The summed E-state index contributed by atoms with van der Waals surface area (Å²) < 4.78 is 12.5. The predicted molar refractivity (Wildman–Crippen MR) is 92.0 cm³/mol. The number of alkyl halides is 1. The lowest BCUT2D eigenvalue weighted by Crippen LogP contribution is -2.32. The summed E-state index contributed by atoms with van der Waals surface area (Å²) in [5.74, 6) is 1.72. The molecule has 0 N–H and O–H groups in total.